The standard InChI is InChI=1S/C23H42N4O2/c1-3-5-16-23(17-6-4-2)21(29)27(22(24)26-23)18-12-11-15-20(28)25-19-13-9-7-8-10-14-19/h19H,3-18H2,1-2H3,(H2,24,26)(H,25,28). The van der Waals surface area contributed by atoms with Gasteiger partial charge in [0.1, 0.15) is 5.54 Å². The number of carbonyl (C=O) groups is 2. The first-order chi connectivity index (χ1) is 14.0. The van der Waals surface area contributed by atoms with Crippen LogP contribution in [0.5, 0.6) is 0 Å². The Kier molecular flexibility index (Phi) is 9.95. The van der Waals surface area contributed by atoms with E-state index in [-0.39, 0.29) is 17.8 Å². The van der Waals surface area contributed by atoms with Crippen molar-refractivity contribution in [3.8, 4) is 0 Å². The Morgan fingerprint density at radius 2 is 1.69 bits per heavy atom. The molecule has 0 aromatic carbocycles. The lowest BCUT2D eigenvalue weighted by Crippen LogP contribution is -2.47. The first-order valence-electron chi connectivity index (χ1n) is 12.0. The molecule has 2 amide bonds. The monoisotopic (exact) mass is 406 g/mol. The molecule has 1 heterocycles. The number of nitrogens with one attached hydrogen (secondary N) is 3. The van der Waals surface area contributed by atoms with E-state index in [2.05, 4.69) is 24.5 Å². The van der Waals surface area contributed by atoms with Crippen molar-refractivity contribution in [2.24, 2.45) is 0 Å². The number of guanidine groups is 1. The molecule has 0 aromatic rings. The zero-order valence-corrected chi connectivity index (χ0v) is 18.7. The number of hydrogen-bond donors (Lipinski definition) is 3. The molecular formula is C23H42N4O2. The van der Waals surface area contributed by atoms with Crippen molar-refractivity contribution in [2.45, 2.75) is 122 Å². The van der Waals surface area contributed by atoms with Crippen LogP contribution in [0.1, 0.15) is 110 Å². The third-order valence-electron chi connectivity index (χ3n) is 6.45. The fraction of sp³-hybridized carbons (Fsp3) is 0.870. The SMILES string of the molecule is CCCCC1(CCCC)NC(=N)N(CCCCC(=O)NC2CCCCCC2)C1=O. The lowest BCUT2D eigenvalue weighted by molar-refractivity contribution is -0.131. The minimum absolute atomic E-state index is 0.0623. The van der Waals surface area contributed by atoms with Crippen LogP contribution in [0.4, 0.5) is 0 Å². The van der Waals surface area contributed by atoms with Gasteiger partial charge in [0.2, 0.25) is 5.91 Å². The first kappa shape index (κ1) is 23.7. The molecule has 1 aliphatic carbocycles. The molecule has 3 N–H and O–H groups in total. The van der Waals surface area contributed by atoms with Crippen molar-refractivity contribution in [2.75, 3.05) is 6.54 Å². The van der Waals surface area contributed by atoms with Crippen molar-refractivity contribution in [1.29, 1.82) is 5.41 Å². The highest BCUT2D eigenvalue weighted by molar-refractivity contribution is 6.07. The Hall–Kier alpha value is -1.59. The van der Waals surface area contributed by atoms with Gasteiger partial charge in [0, 0.05) is 19.0 Å². The Labute approximate surface area is 177 Å². The zero-order chi connectivity index (χ0) is 21.1. The minimum Gasteiger partial charge on any atom is -0.353 e. The van der Waals surface area contributed by atoms with Crippen LogP contribution in [0.25, 0.3) is 0 Å². The molecule has 0 atom stereocenters. The molecule has 0 bridgehead atoms. The fourth-order valence-corrected chi connectivity index (χ4v) is 4.62. The van der Waals surface area contributed by atoms with Gasteiger partial charge in [0.15, 0.2) is 5.96 Å². The van der Waals surface area contributed by atoms with E-state index in [0.29, 0.717) is 19.0 Å². The van der Waals surface area contributed by atoms with Gasteiger partial charge in [-0.1, -0.05) is 65.2 Å². The van der Waals surface area contributed by atoms with Crippen molar-refractivity contribution in [1.82, 2.24) is 15.5 Å². The normalized spacial score (nSPS) is 19.9. The van der Waals surface area contributed by atoms with Gasteiger partial charge in [-0.3, -0.25) is 19.9 Å². The number of nitrogens with zero attached hydrogens (tertiary/aromatic N) is 1. The third kappa shape index (κ3) is 7.00. The van der Waals surface area contributed by atoms with Gasteiger partial charge < -0.3 is 10.6 Å². The summed E-state index contributed by atoms with van der Waals surface area (Å²) in [5.74, 6) is 0.440. The second-order valence-electron chi connectivity index (χ2n) is 8.93. The third-order valence-corrected chi connectivity index (χ3v) is 6.45. The van der Waals surface area contributed by atoms with Gasteiger partial charge in [0.05, 0.1) is 0 Å². The fourth-order valence-electron chi connectivity index (χ4n) is 4.62. The highest BCUT2D eigenvalue weighted by Crippen LogP contribution is 2.29. The molecule has 1 aliphatic heterocycles. The van der Waals surface area contributed by atoms with Gasteiger partial charge in [-0.25, -0.2) is 0 Å². The molecule has 1 saturated carbocycles. The van der Waals surface area contributed by atoms with Crippen molar-refractivity contribution >= 4 is 17.8 Å². The molecular weight excluding hydrogens is 364 g/mol. The number of carbonyl (C=O) groups excluding carboxylic acids is 2. The highest BCUT2D eigenvalue weighted by atomic mass is 16.2. The van der Waals surface area contributed by atoms with Crippen LogP contribution in [-0.2, 0) is 9.59 Å². The maximum absolute atomic E-state index is 13.1. The molecule has 2 fully saturated rings. The van der Waals surface area contributed by atoms with E-state index in [1.807, 2.05) is 0 Å². The molecule has 29 heavy (non-hydrogen) atoms. The Morgan fingerprint density at radius 1 is 1.07 bits per heavy atom. The van der Waals surface area contributed by atoms with Gasteiger partial charge in [-0.05, 0) is 38.5 Å². The molecule has 0 spiro atoms. The van der Waals surface area contributed by atoms with Crippen molar-refractivity contribution in [3.63, 3.8) is 0 Å². The summed E-state index contributed by atoms with van der Waals surface area (Å²) in [6.45, 7) is 4.80. The summed E-state index contributed by atoms with van der Waals surface area (Å²) in [7, 11) is 0. The summed E-state index contributed by atoms with van der Waals surface area (Å²) in [6, 6.07) is 0.347. The summed E-state index contributed by atoms with van der Waals surface area (Å²) in [5.41, 5.74) is -0.583. The summed E-state index contributed by atoms with van der Waals surface area (Å²) < 4.78 is 0. The predicted octanol–water partition coefficient (Wildman–Crippen LogP) is 4.48. The summed E-state index contributed by atoms with van der Waals surface area (Å²) >= 11 is 0. The van der Waals surface area contributed by atoms with Crippen molar-refractivity contribution < 1.29 is 9.59 Å². The van der Waals surface area contributed by atoms with Crippen LogP contribution in [0.15, 0.2) is 0 Å². The van der Waals surface area contributed by atoms with Gasteiger partial charge in [-0.2, -0.15) is 0 Å². The summed E-state index contributed by atoms with van der Waals surface area (Å²) in [5, 5.41) is 14.7. The molecule has 6 heteroatoms. The summed E-state index contributed by atoms with van der Waals surface area (Å²) in [4.78, 5) is 27.0. The number of unbranched alkanes of at least 4 members (excludes halogenated alkanes) is 3. The van der Waals surface area contributed by atoms with Gasteiger partial charge >= 0.3 is 0 Å². The largest absolute Gasteiger partial charge is 0.353 e. The second-order valence-corrected chi connectivity index (χ2v) is 8.93. The van der Waals surface area contributed by atoms with Gasteiger partial charge in [-0.15, -0.1) is 0 Å². The predicted molar refractivity (Wildman–Crippen MR) is 118 cm³/mol. The Bertz CT molecular complexity index is 533. The average molecular weight is 407 g/mol. The van der Waals surface area contributed by atoms with Crippen LogP contribution in [-0.4, -0.2) is 40.8 Å². The minimum atomic E-state index is -0.583. The number of rotatable bonds is 12. The molecule has 0 unspecified atom stereocenters. The van der Waals surface area contributed by atoms with E-state index < -0.39 is 5.54 Å². The van der Waals surface area contributed by atoms with E-state index in [1.165, 1.54) is 25.7 Å². The number of hydrogen-bond acceptors (Lipinski definition) is 3. The van der Waals surface area contributed by atoms with Crippen LogP contribution in [0, 0.1) is 5.41 Å². The molecule has 1 saturated heterocycles. The molecule has 0 aromatic heterocycles. The Morgan fingerprint density at radius 3 is 2.28 bits per heavy atom. The second kappa shape index (κ2) is 12.2. The van der Waals surface area contributed by atoms with Gasteiger partial charge in [0.25, 0.3) is 5.91 Å². The quantitative estimate of drug-likeness (QED) is 0.330. The zero-order valence-electron chi connectivity index (χ0n) is 18.7. The summed E-state index contributed by atoms with van der Waals surface area (Å²) in [6.07, 6.45) is 14.9. The van der Waals surface area contributed by atoms with E-state index in [0.717, 1.165) is 64.2 Å². The van der Waals surface area contributed by atoms with E-state index >= 15 is 0 Å². The highest BCUT2D eigenvalue weighted by Gasteiger charge is 2.47. The van der Waals surface area contributed by atoms with Crippen LogP contribution in [0.3, 0.4) is 0 Å². The topological polar surface area (TPSA) is 85.3 Å². The van der Waals surface area contributed by atoms with Crippen LogP contribution in [0.2, 0.25) is 0 Å². The lowest BCUT2D eigenvalue weighted by atomic mass is 9.87. The first-order valence-corrected chi connectivity index (χ1v) is 12.0. The average Bonchev–Trinajstić information content (AvgIpc) is 2.87. The van der Waals surface area contributed by atoms with Crippen molar-refractivity contribution in [3.05, 3.63) is 0 Å². The van der Waals surface area contributed by atoms with Crippen LogP contribution < -0.4 is 10.6 Å². The van der Waals surface area contributed by atoms with E-state index in [9.17, 15) is 9.59 Å². The molecule has 0 radical (unpaired) electrons. The molecule has 2 aliphatic rings. The molecule has 2 rings (SSSR count). The maximum Gasteiger partial charge on any atom is 0.255 e. The van der Waals surface area contributed by atoms with Crippen LogP contribution >= 0.6 is 0 Å². The molecule has 166 valence electrons. The molecule has 6 nitrogen and oxygen atoms in total. The van der Waals surface area contributed by atoms with E-state index in [4.69, 9.17) is 5.41 Å². The number of amides is 2. The van der Waals surface area contributed by atoms with E-state index in [1.54, 1.807) is 4.90 Å². The smallest absolute Gasteiger partial charge is 0.255 e. The Balaban J connectivity index is 1.76. The lowest BCUT2D eigenvalue weighted by Gasteiger charge is -2.27. The maximum atomic E-state index is 13.1.